The highest BCUT2D eigenvalue weighted by atomic mass is 16.7. The SMILES string of the molecule is CC[C@H]1OC(=O)[C@H](C)C(=O)[C@H](C)[C@@H](O[C@@H]2O[C@H](C)C[C@H](N(C)C)[C@H]2O)[C@@](C)(OC)C[C@@H](C)C(=O)NC(C)[C@H]2N(NCCCn3cnc4ccccc43)C(=O)O[C@]12C. The Morgan fingerprint density at radius 1 is 1.09 bits per heavy atom. The number of ketones is 1. The van der Waals surface area contributed by atoms with E-state index in [1.807, 2.05) is 54.8 Å². The normalized spacial score (nSPS) is 37.4. The van der Waals surface area contributed by atoms with Gasteiger partial charge in [0.1, 0.15) is 24.2 Å². The van der Waals surface area contributed by atoms with Crippen LogP contribution in [0.15, 0.2) is 30.6 Å². The number of benzene rings is 1. The summed E-state index contributed by atoms with van der Waals surface area (Å²) in [6.45, 7) is 14.8. The van der Waals surface area contributed by atoms with Crippen molar-refractivity contribution in [1.29, 1.82) is 0 Å². The number of fused-ring (bicyclic) bond motifs is 2. The first-order chi connectivity index (χ1) is 26.9. The Balaban J connectivity index is 1.44. The number of carbonyl (C=O) groups excluding carboxylic acids is 4. The van der Waals surface area contributed by atoms with Crippen LogP contribution in [0.3, 0.4) is 0 Å². The van der Waals surface area contributed by atoms with E-state index in [0.29, 0.717) is 25.9 Å². The topological polar surface area (TPSA) is 183 Å². The van der Waals surface area contributed by atoms with Crippen molar-refractivity contribution in [3.63, 3.8) is 0 Å². The number of hydrogen-bond acceptors (Lipinski definition) is 13. The summed E-state index contributed by atoms with van der Waals surface area (Å²) < 4.78 is 33.1. The molecule has 3 aliphatic heterocycles. The lowest BCUT2D eigenvalue weighted by molar-refractivity contribution is -0.295. The molecule has 3 N–H and O–H groups in total. The van der Waals surface area contributed by atoms with Gasteiger partial charge < -0.3 is 43.6 Å². The van der Waals surface area contributed by atoms with Crippen LogP contribution < -0.4 is 10.7 Å². The fourth-order valence-corrected chi connectivity index (χ4v) is 9.00. The average Bonchev–Trinajstić information content (AvgIpc) is 3.70. The number of amides is 2. The molecule has 3 aliphatic rings. The lowest BCUT2D eigenvalue weighted by atomic mass is 9.78. The van der Waals surface area contributed by atoms with Crippen LogP contribution in [-0.4, -0.2) is 136 Å². The van der Waals surface area contributed by atoms with Crippen molar-refractivity contribution in [3.8, 4) is 0 Å². The molecule has 3 saturated heterocycles. The molecule has 1 unspecified atom stereocenters. The van der Waals surface area contributed by atoms with Crippen molar-refractivity contribution < 1.29 is 48.0 Å². The maximum Gasteiger partial charge on any atom is 0.425 e. The van der Waals surface area contributed by atoms with E-state index in [9.17, 15) is 24.3 Å². The number of para-hydroxylation sites is 2. The fraction of sp³-hybridized carbons (Fsp3) is 0.732. The Bertz CT molecular complexity index is 1740. The number of aryl methyl sites for hydroxylation is 1. The smallest absolute Gasteiger partial charge is 0.425 e. The molecule has 318 valence electrons. The number of nitrogens with zero attached hydrogens (tertiary/aromatic N) is 4. The number of esters is 1. The number of nitrogens with one attached hydrogen (secondary N) is 2. The van der Waals surface area contributed by atoms with Gasteiger partial charge in [0, 0.05) is 38.1 Å². The zero-order chi connectivity index (χ0) is 42.0. The van der Waals surface area contributed by atoms with Crippen molar-refractivity contribution in [2.75, 3.05) is 27.7 Å². The van der Waals surface area contributed by atoms with Crippen LogP contribution in [0.1, 0.15) is 81.1 Å². The Morgan fingerprint density at radius 3 is 2.46 bits per heavy atom. The second-order valence-corrected chi connectivity index (χ2v) is 16.8. The van der Waals surface area contributed by atoms with Crippen LogP contribution in [0.25, 0.3) is 11.0 Å². The summed E-state index contributed by atoms with van der Waals surface area (Å²) in [5.74, 6) is -4.52. The first kappa shape index (κ1) is 44.4. The summed E-state index contributed by atoms with van der Waals surface area (Å²) in [4.78, 5) is 62.5. The van der Waals surface area contributed by atoms with Gasteiger partial charge in [-0.1, -0.05) is 32.9 Å². The number of hydrogen-bond donors (Lipinski definition) is 3. The maximum atomic E-state index is 14.3. The molecule has 13 atom stereocenters. The molecule has 0 radical (unpaired) electrons. The first-order valence-electron chi connectivity index (χ1n) is 20.3. The van der Waals surface area contributed by atoms with Crippen LogP contribution >= 0.6 is 0 Å². The van der Waals surface area contributed by atoms with Crippen molar-refractivity contribution >= 4 is 34.8 Å². The number of aromatic nitrogens is 2. The maximum absolute atomic E-state index is 14.3. The molecular formula is C41H64N6O10. The molecule has 0 spiro atoms. The number of likely N-dealkylation sites (N-methyl/N-ethyl adjacent to an activating group) is 1. The summed E-state index contributed by atoms with van der Waals surface area (Å²) in [5.41, 5.74) is 2.42. The number of Topliss-reactive ketones (excluding diaryl/α,β-unsaturated/α-hetero) is 1. The molecule has 3 fully saturated rings. The molecule has 0 saturated carbocycles. The van der Waals surface area contributed by atoms with Gasteiger partial charge in [0.2, 0.25) is 5.91 Å². The molecule has 2 aromatic rings. The van der Waals surface area contributed by atoms with Crippen LogP contribution in [0.4, 0.5) is 4.79 Å². The van der Waals surface area contributed by atoms with E-state index < -0.39 is 83.5 Å². The minimum atomic E-state index is -1.43. The number of carbonyl (C=O) groups is 4. The second-order valence-electron chi connectivity index (χ2n) is 16.8. The van der Waals surface area contributed by atoms with Gasteiger partial charge in [-0.25, -0.2) is 20.2 Å². The highest BCUT2D eigenvalue weighted by Gasteiger charge is 2.59. The van der Waals surface area contributed by atoms with Gasteiger partial charge >= 0.3 is 12.1 Å². The van der Waals surface area contributed by atoms with Gasteiger partial charge in [0.25, 0.3) is 0 Å². The number of imidazole rings is 1. The van der Waals surface area contributed by atoms with Gasteiger partial charge in [-0.05, 0) is 86.5 Å². The molecular weight excluding hydrogens is 736 g/mol. The van der Waals surface area contributed by atoms with Gasteiger partial charge in [0.15, 0.2) is 17.7 Å². The predicted octanol–water partition coefficient (Wildman–Crippen LogP) is 3.43. The molecule has 16 heteroatoms. The predicted molar refractivity (Wildman–Crippen MR) is 210 cm³/mol. The van der Waals surface area contributed by atoms with Gasteiger partial charge in [0.05, 0.1) is 41.2 Å². The van der Waals surface area contributed by atoms with E-state index in [-0.39, 0.29) is 30.9 Å². The van der Waals surface area contributed by atoms with Gasteiger partial charge in [-0.2, -0.15) is 0 Å². The summed E-state index contributed by atoms with van der Waals surface area (Å²) in [7, 11) is 5.21. The van der Waals surface area contributed by atoms with Crippen molar-refractivity contribution in [2.24, 2.45) is 17.8 Å². The monoisotopic (exact) mass is 800 g/mol. The van der Waals surface area contributed by atoms with E-state index in [1.54, 1.807) is 47.9 Å². The standard InChI is InChI=1S/C41H64N6O10/c1-12-31-41(8)34(47(39(52)57-41)43-18-15-19-46-22-42-28-16-13-14-17-29(28)46)27(6)44-36(50)23(2)21-40(7,53-11)35(25(4)32(48)26(5)37(51)55-31)56-38-33(49)30(45(9)10)20-24(3)54-38/h13-14,16-17,22-27,30-31,33-35,38,43,49H,12,15,18-21H2,1-11H3,(H,44,50)/t23-,24-,25+,26-,27?,30+,31-,33-,34-,35-,38+,40+,41-/m1/s1. The number of aliphatic hydroxyl groups is 1. The van der Waals surface area contributed by atoms with Crippen LogP contribution in [0.5, 0.6) is 0 Å². The number of hydrazine groups is 1. The largest absolute Gasteiger partial charge is 0.457 e. The molecule has 16 nitrogen and oxygen atoms in total. The van der Waals surface area contributed by atoms with Crippen LogP contribution in [0.2, 0.25) is 0 Å². The fourth-order valence-electron chi connectivity index (χ4n) is 9.00. The third-order valence-electron chi connectivity index (χ3n) is 12.3. The molecule has 57 heavy (non-hydrogen) atoms. The van der Waals surface area contributed by atoms with Gasteiger partial charge in [-0.3, -0.25) is 14.4 Å². The number of rotatable bonds is 10. The van der Waals surface area contributed by atoms with Crippen LogP contribution in [-0.2, 0) is 44.6 Å². The third kappa shape index (κ3) is 9.15. The van der Waals surface area contributed by atoms with E-state index in [2.05, 4.69) is 15.7 Å². The van der Waals surface area contributed by atoms with Crippen molar-refractivity contribution in [1.82, 2.24) is 30.2 Å². The zero-order valence-corrected chi connectivity index (χ0v) is 35.4. The van der Waals surface area contributed by atoms with Gasteiger partial charge in [-0.15, -0.1) is 0 Å². The molecule has 5 rings (SSSR count). The van der Waals surface area contributed by atoms with Crippen molar-refractivity contribution in [2.45, 2.75) is 148 Å². The van der Waals surface area contributed by atoms with E-state index in [0.717, 1.165) is 11.0 Å². The minimum absolute atomic E-state index is 0.0957. The zero-order valence-electron chi connectivity index (χ0n) is 35.4. The molecule has 1 aromatic carbocycles. The summed E-state index contributed by atoms with van der Waals surface area (Å²) in [6.07, 6.45) is -1.84. The number of ether oxygens (including phenoxy) is 5. The second kappa shape index (κ2) is 18.1. The number of cyclic esters (lactones) is 1. The Kier molecular flexibility index (Phi) is 14.1. The number of aliphatic hydroxyl groups excluding tert-OH is 1. The first-order valence-corrected chi connectivity index (χ1v) is 20.3. The Labute approximate surface area is 336 Å². The number of methoxy groups -OCH3 is 1. The summed E-state index contributed by atoms with van der Waals surface area (Å²) in [5, 5.41) is 15.9. The quantitative estimate of drug-likeness (QED) is 0.181. The van der Waals surface area contributed by atoms with E-state index >= 15 is 0 Å². The molecule has 0 aliphatic carbocycles. The van der Waals surface area contributed by atoms with E-state index in [1.165, 1.54) is 19.0 Å². The molecule has 4 heterocycles. The average molecular weight is 801 g/mol. The highest BCUT2D eigenvalue weighted by molar-refractivity contribution is 6.00. The van der Waals surface area contributed by atoms with Crippen LogP contribution in [0, 0.1) is 17.8 Å². The Hall–Kier alpha value is -3.67. The molecule has 0 bridgehead atoms. The lowest BCUT2D eigenvalue weighted by Crippen LogP contribution is -2.63. The summed E-state index contributed by atoms with van der Waals surface area (Å²) in [6, 6.07) is 6.03. The molecule has 2 amide bonds. The summed E-state index contributed by atoms with van der Waals surface area (Å²) >= 11 is 0. The highest BCUT2D eigenvalue weighted by Crippen LogP contribution is 2.39. The minimum Gasteiger partial charge on any atom is -0.457 e. The van der Waals surface area contributed by atoms with E-state index in [4.69, 9.17) is 23.7 Å². The molecule has 1 aromatic heterocycles. The van der Waals surface area contributed by atoms with Crippen molar-refractivity contribution in [3.05, 3.63) is 30.6 Å². The Morgan fingerprint density at radius 2 is 1.79 bits per heavy atom. The lowest BCUT2D eigenvalue weighted by Gasteiger charge is -2.46. The third-order valence-corrected chi connectivity index (χ3v) is 12.3.